The van der Waals surface area contributed by atoms with Crippen molar-refractivity contribution in [1.29, 1.82) is 0 Å². The molecule has 1 aliphatic carbocycles. The normalized spacial score (nSPS) is 21.4. The molecule has 0 spiro atoms. The Hall–Kier alpha value is -2.22. The third-order valence-corrected chi connectivity index (χ3v) is 6.01. The van der Waals surface area contributed by atoms with Gasteiger partial charge >= 0.3 is 36.9 Å². The van der Waals surface area contributed by atoms with Gasteiger partial charge in [-0.25, -0.2) is 4.79 Å². The van der Waals surface area contributed by atoms with Gasteiger partial charge in [0.1, 0.15) is 11.2 Å². The molecule has 0 aromatic rings. The number of carbonyl (C=O) groups excluding carboxylic acids is 1. The lowest BCUT2D eigenvalue weighted by molar-refractivity contribution is -0.405. The summed E-state index contributed by atoms with van der Waals surface area (Å²) in [4.78, 5) is 10.8. The van der Waals surface area contributed by atoms with Crippen molar-refractivity contribution in [3.63, 3.8) is 0 Å². The van der Waals surface area contributed by atoms with Crippen LogP contribution < -0.4 is 0 Å². The quantitative estimate of drug-likeness (QED) is 0.136. The van der Waals surface area contributed by atoms with Gasteiger partial charge in [-0.3, -0.25) is 0 Å². The summed E-state index contributed by atoms with van der Waals surface area (Å²) < 4.78 is 202. The van der Waals surface area contributed by atoms with Crippen LogP contribution in [0.5, 0.6) is 0 Å². The number of esters is 1. The molecule has 0 radical (unpaired) electrons. The van der Waals surface area contributed by atoms with Crippen LogP contribution in [0.3, 0.4) is 0 Å². The topological polar surface area (TPSA) is 76.0 Å². The molecule has 1 rings (SSSR count). The van der Waals surface area contributed by atoms with Gasteiger partial charge in [0, 0.05) is 11.8 Å². The fourth-order valence-corrected chi connectivity index (χ4v) is 3.99. The van der Waals surface area contributed by atoms with E-state index in [1.807, 2.05) is 0 Å². The van der Waals surface area contributed by atoms with Crippen LogP contribution in [-0.2, 0) is 14.3 Å². The zero-order valence-electron chi connectivity index (χ0n) is 22.3. The average Bonchev–Trinajstić information content (AvgIpc) is 2.76. The monoisotopic (exact) mass is 668 g/mol. The van der Waals surface area contributed by atoms with E-state index in [1.54, 1.807) is 0 Å². The van der Waals surface area contributed by atoms with E-state index >= 15 is 0 Å². The highest BCUT2D eigenvalue weighted by Gasteiger charge is 2.78. The Morgan fingerprint density at radius 2 is 1.05 bits per heavy atom. The van der Waals surface area contributed by atoms with Crippen LogP contribution in [0.2, 0.25) is 0 Å². The number of hydrogen-bond donors (Lipinski definition) is 2. The zero-order chi connectivity index (χ0) is 34.8. The number of aliphatic hydroxyl groups is 2. The molecule has 5 nitrogen and oxygen atoms in total. The molecule has 0 aliphatic heterocycles. The van der Waals surface area contributed by atoms with Gasteiger partial charge in [-0.15, -0.1) is 6.58 Å². The Kier molecular flexibility index (Phi) is 12.3. The first kappa shape index (κ1) is 40.8. The van der Waals surface area contributed by atoms with Crippen molar-refractivity contribution in [2.45, 2.75) is 93.8 Å². The van der Waals surface area contributed by atoms with Gasteiger partial charge in [-0.1, -0.05) is 12.7 Å². The molecule has 0 aromatic carbocycles. The Bertz CT molecular complexity index is 895. The van der Waals surface area contributed by atoms with Crippen LogP contribution in [0.1, 0.15) is 40.0 Å². The van der Waals surface area contributed by atoms with E-state index < -0.39 is 103 Å². The largest absolute Gasteiger partial charge is 0.456 e. The molecule has 43 heavy (non-hydrogen) atoms. The second-order valence-corrected chi connectivity index (χ2v) is 10.3. The van der Waals surface area contributed by atoms with Gasteiger partial charge in [0.05, 0.1) is 12.7 Å². The number of carbonyl (C=O) groups is 1. The van der Waals surface area contributed by atoms with Crippen LogP contribution in [0.15, 0.2) is 24.8 Å². The predicted octanol–water partition coefficient (Wildman–Crippen LogP) is 7.13. The molecule has 0 bridgehead atoms. The van der Waals surface area contributed by atoms with Crippen LogP contribution in [0.4, 0.5) is 65.9 Å². The molecular weight excluding hydrogens is 641 g/mol. The highest BCUT2D eigenvalue weighted by atomic mass is 19.4. The fourth-order valence-electron chi connectivity index (χ4n) is 3.99. The molecule has 2 N–H and O–H groups in total. The molecule has 1 aliphatic rings. The van der Waals surface area contributed by atoms with Crippen molar-refractivity contribution in [2.75, 3.05) is 6.61 Å². The number of ether oxygens (including phenoxy) is 2. The first-order chi connectivity index (χ1) is 18.7. The molecule has 2 unspecified atom stereocenters. The molecule has 0 amide bonds. The molecule has 1 saturated carbocycles. The van der Waals surface area contributed by atoms with Gasteiger partial charge in [0.25, 0.3) is 11.2 Å². The minimum absolute atomic E-state index is 0.628. The summed E-state index contributed by atoms with van der Waals surface area (Å²) in [7, 11) is 0. The number of halogens is 15. The lowest BCUT2D eigenvalue weighted by Crippen LogP contribution is -2.67. The summed E-state index contributed by atoms with van der Waals surface area (Å²) in [5, 5.41) is 18.9. The van der Waals surface area contributed by atoms with Crippen molar-refractivity contribution in [2.24, 2.45) is 11.8 Å². The second-order valence-electron chi connectivity index (χ2n) is 10.3. The van der Waals surface area contributed by atoms with Gasteiger partial charge in [-0.05, 0) is 40.0 Å². The van der Waals surface area contributed by atoms with E-state index in [0.29, 0.717) is 0 Å². The molecule has 0 aromatic heterocycles. The van der Waals surface area contributed by atoms with Gasteiger partial charge in [0.2, 0.25) is 0 Å². The minimum atomic E-state index is -6.49. The van der Waals surface area contributed by atoms with E-state index in [2.05, 4.69) is 17.9 Å². The van der Waals surface area contributed by atoms with Crippen molar-refractivity contribution >= 4 is 5.97 Å². The van der Waals surface area contributed by atoms with E-state index in [-0.39, 0.29) is 0 Å². The van der Waals surface area contributed by atoms with Gasteiger partial charge < -0.3 is 19.7 Å². The first-order valence-corrected chi connectivity index (χ1v) is 11.6. The Balaban J connectivity index is 0.00000114. The van der Waals surface area contributed by atoms with Crippen molar-refractivity contribution in [3.8, 4) is 0 Å². The summed E-state index contributed by atoms with van der Waals surface area (Å²) in [6, 6.07) is 0. The summed E-state index contributed by atoms with van der Waals surface area (Å²) in [6.45, 7) is 9.52. The highest BCUT2D eigenvalue weighted by molar-refractivity contribution is 5.89. The van der Waals surface area contributed by atoms with E-state index in [4.69, 9.17) is 4.74 Å². The molecule has 0 saturated heterocycles. The molecule has 0 heterocycles. The third-order valence-electron chi connectivity index (χ3n) is 6.01. The summed E-state index contributed by atoms with van der Waals surface area (Å²) in [5.41, 5.74) is -13.7. The zero-order valence-corrected chi connectivity index (χ0v) is 22.3. The standard InChI is InChI=1S/C15H16F12O3.C8H11F3O2/c1-2-3-30-9-5-7(10(28,12(16,17)18)13(19,20)21)4-8(6-9)11(29,14(22,23)24)15(25,26)27;1-5(8(9,10)11)6(12)13-7(2,3)4/h2,7-9,28-29H,1,3-6H2;1H2,2-4H3. The lowest BCUT2D eigenvalue weighted by Gasteiger charge is -2.48. The summed E-state index contributed by atoms with van der Waals surface area (Å²) in [6.07, 6.45) is -36.6. The summed E-state index contributed by atoms with van der Waals surface area (Å²) in [5.74, 6) is -7.87. The Morgan fingerprint density at radius 3 is 1.28 bits per heavy atom. The van der Waals surface area contributed by atoms with Crippen LogP contribution in [-0.4, -0.2) is 76.6 Å². The van der Waals surface area contributed by atoms with Gasteiger partial charge in [0.15, 0.2) is 0 Å². The molecule has 20 heteroatoms. The first-order valence-electron chi connectivity index (χ1n) is 11.6. The van der Waals surface area contributed by atoms with Crippen LogP contribution in [0.25, 0.3) is 0 Å². The van der Waals surface area contributed by atoms with E-state index in [1.165, 1.54) is 20.8 Å². The van der Waals surface area contributed by atoms with Crippen LogP contribution in [0, 0.1) is 11.8 Å². The number of rotatable bonds is 6. The maximum atomic E-state index is 13.1. The molecule has 1 fully saturated rings. The number of hydrogen-bond acceptors (Lipinski definition) is 5. The van der Waals surface area contributed by atoms with E-state index in [9.17, 15) is 80.9 Å². The smallest absolute Gasteiger partial charge is 0.426 e. The average molecular weight is 668 g/mol. The molecular formula is C23H27F15O5. The minimum Gasteiger partial charge on any atom is -0.456 e. The molecule has 2 atom stereocenters. The van der Waals surface area contributed by atoms with Crippen molar-refractivity contribution in [3.05, 3.63) is 24.8 Å². The fraction of sp³-hybridized carbons (Fsp3) is 0.783. The van der Waals surface area contributed by atoms with E-state index in [0.717, 1.165) is 6.08 Å². The maximum Gasteiger partial charge on any atom is 0.426 e. The number of alkyl halides is 15. The highest BCUT2D eigenvalue weighted by Crippen LogP contribution is 2.57. The maximum absolute atomic E-state index is 13.1. The lowest BCUT2D eigenvalue weighted by atomic mass is 9.65. The second kappa shape index (κ2) is 13.0. The Morgan fingerprint density at radius 1 is 0.721 bits per heavy atom. The van der Waals surface area contributed by atoms with Crippen molar-refractivity contribution < 1.29 is 90.3 Å². The van der Waals surface area contributed by atoms with Crippen molar-refractivity contribution in [1.82, 2.24) is 0 Å². The third kappa shape index (κ3) is 9.63. The summed E-state index contributed by atoms with van der Waals surface area (Å²) >= 11 is 0. The Labute approximate surface area is 234 Å². The van der Waals surface area contributed by atoms with Gasteiger partial charge in [-0.2, -0.15) is 65.9 Å². The predicted molar refractivity (Wildman–Crippen MR) is 116 cm³/mol. The van der Waals surface area contributed by atoms with Crippen LogP contribution >= 0.6 is 0 Å². The molecule has 254 valence electrons. The SMILES string of the molecule is C=C(C(=O)OC(C)(C)C)C(F)(F)F.C=CCOC1CC(C(O)(C(F)(F)F)C(F)(F)F)CC(C(O)(C(F)(F)F)C(F)(F)F)C1.